The summed E-state index contributed by atoms with van der Waals surface area (Å²) in [6.07, 6.45) is 1.21. The molecule has 7 heteroatoms. The molecule has 2 atom stereocenters. The Bertz CT molecular complexity index is 789. The van der Waals surface area contributed by atoms with E-state index in [-0.39, 0.29) is 11.6 Å². The highest BCUT2D eigenvalue weighted by Crippen LogP contribution is 2.28. The number of carboxylic acid groups (broad SMARTS) is 1. The zero-order valence-electron chi connectivity index (χ0n) is 12.5. The van der Waals surface area contributed by atoms with Gasteiger partial charge in [0.05, 0.1) is 11.4 Å². The first-order valence-corrected chi connectivity index (χ1v) is 8.19. The van der Waals surface area contributed by atoms with Crippen LogP contribution in [0, 0.1) is 11.7 Å². The molecule has 1 aromatic heterocycles. The van der Waals surface area contributed by atoms with Gasteiger partial charge in [0.15, 0.2) is 0 Å². The maximum atomic E-state index is 14.0. The summed E-state index contributed by atoms with van der Waals surface area (Å²) in [4.78, 5) is 28.5. The van der Waals surface area contributed by atoms with Crippen molar-refractivity contribution in [1.82, 2.24) is 9.88 Å². The number of halogens is 2. The number of aliphatic carboxylic acids is 1. The van der Waals surface area contributed by atoms with E-state index in [1.54, 1.807) is 17.9 Å². The van der Waals surface area contributed by atoms with Gasteiger partial charge in [-0.15, -0.1) is 0 Å². The summed E-state index contributed by atoms with van der Waals surface area (Å²) < 4.78 is 14.5. The molecular weight excluding hydrogens is 367 g/mol. The highest BCUT2D eigenvalue weighted by Gasteiger charge is 2.36. The summed E-state index contributed by atoms with van der Waals surface area (Å²) in [5, 5.41) is 9.60. The molecule has 1 fully saturated rings. The molecule has 2 N–H and O–H groups in total. The van der Waals surface area contributed by atoms with E-state index in [0.717, 1.165) is 0 Å². The number of carbonyl (C=O) groups excluding carboxylic acids is 1. The van der Waals surface area contributed by atoms with Crippen LogP contribution in [0.4, 0.5) is 4.39 Å². The Balaban J connectivity index is 1.93. The maximum Gasteiger partial charge on any atom is 0.308 e. The minimum Gasteiger partial charge on any atom is -0.481 e. The van der Waals surface area contributed by atoms with E-state index < -0.39 is 23.7 Å². The number of nitrogens with zero attached hydrogens (tertiary/aromatic N) is 1. The molecule has 122 valence electrons. The average molecular weight is 383 g/mol. The number of aromatic nitrogens is 1. The minimum absolute atomic E-state index is 0.273. The number of rotatable bonds is 2. The van der Waals surface area contributed by atoms with Gasteiger partial charge >= 0.3 is 5.97 Å². The molecule has 2 aromatic rings. The molecule has 0 aliphatic carbocycles. The van der Waals surface area contributed by atoms with Gasteiger partial charge in [0.1, 0.15) is 11.5 Å². The van der Waals surface area contributed by atoms with Crippen LogP contribution in [0.15, 0.2) is 22.7 Å². The van der Waals surface area contributed by atoms with Crippen LogP contribution in [0.25, 0.3) is 10.9 Å². The fourth-order valence-electron chi connectivity index (χ4n) is 3.19. The Morgan fingerprint density at radius 2 is 2.13 bits per heavy atom. The molecule has 0 bridgehead atoms. The van der Waals surface area contributed by atoms with Crippen molar-refractivity contribution in [1.29, 1.82) is 0 Å². The Hall–Kier alpha value is -1.89. The normalized spacial score (nSPS) is 21.6. The highest BCUT2D eigenvalue weighted by atomic mass is 79.9. The molecule has 1 aliphatic rings. The summed E-state index contributed by atoms with van der Waals surface area (Å²) >= 11 is 3.22. The van der Waals surface area contributed by atoms with Crippen LogP contribution >= 0.6 is 15.9 Å². The van der Waals surface area contributed by atoms with Gasteiger partial charge in [-0.05, 0) is 38.0 Å². The van der Waals surface area contributed by atoms with Crippen LogP contribution in [0.3, 0.4) is 0 Å². The number of fused-ring (bicyclic) bond motifs is 1. The van der Waals surface area contributed by atoms with Gasteiger partial charge in [0, 0.05) is 22.4 Å². The second-order valence-electron chi connectivity index (χ2n) is 5.86. The molecule has 5 nitrogen and oxygen atoms in total. The molecule has 0 spiro atoms. The van der Waals surface area contributed by atoms with Crippen molar-refractivity contribution in [2.24, 2.45) is 5.92 Å². The van der Waals surface area contributed by atoms with E-state index in [4.69, 9.17) is 0 Å². The predicted molar refractivity (Wildman–Crippen MR) is 86.8 cm³/mol. The number of likely N-dealkylation sites (tertiary alicyclic amines) is 1. The SMILES string of the molecule is C[C@@H]1[C@H](C(=O)O)CCCN1C(=O)c1cc2c(F)cc(Br)cc2[nH]1. The van der Waals surface area contributed by atoms with Crippen molar-refractivity contribution >= 4 is 38.7 Å². The van der Waals surface area contributed by atoms with Crippen LogP contribution < -0.4 is 0 Å². The van der Waals surface area contributed by atoms with Crippen LogP contribution in [0.2, 0.25) is 0 Å². The largest absolute Gasteiger partial charge is 0.481 e. The number of hydrogen-bond donors (Lipinski definition) is 2. The average Bonchev–Trinajstić information content (AvgIpc) is 2.90. The lowest BCUT2D eigenvalue weighted by Gasteiger charge is -2.37. The number of amides is 1. The number of H-pyrrole nitrogens is 1. The van der Waals surface area contributed by atoms with Crippen molar-refractivity contribution in [3.8, 4) is 0 Å². The Labute approximate surface area is 140 Å². The smallest absolute Gasteiger partial charge is 0.308 e. The molecule has 3 rings (SSSR count). The fraction of sp³-hybridized carbons (Fsp3) is 0.375. The van der Waals surface area contributed by atoms with Crippen molar-refractivity contribution in [3.05, 3.63) is 34.2 Å². The molecule has 1 saturated heterocycles. The molecule has 1 aromatic carbocycles. The zero-order chi connectivity index (χ0) is 16.7. The quantitative estimate of drug-likeness (QED) is 0.835. The van der Waals surface area contributed by atoms with E-state index in [9.17, 15) is 19.1 Å². The van der Waals surface area contributed by atoms with E-state index in [1.807, 2.05) is 0 Å². The zero-order valence-corrected chi connectivity index (χ0v) is 14.1. The van der Waals surface area contributed by atoms with E-state index in [1.165, 1.54) is 12.1 Å². The van der Waals surface area contributed by atoms with Crippen molar-refractivity contribution in [2.45, 2.75) is 25.8 Å². The predicted octanol–water partition coefficient (Wildman–Crippen LogP) is 3.39. The van der Waals surface area contributed by atoms with Gasteiger partial charge in [-0.2, -0.15) is 0 Å². The van der Waals surface area contributed by atoms with E-state index in [2.05, 4.69) is 20.9 Å². The van der Waals surface area contributed by atoms with Crippen LogP contribution in [0.5, 0.6) is 0 Å². The summed E-state index contributed by atoms with van der Waals surface area (Å²) in [5.41, 5.74) is 0.801. The van der Waals surface area contributed by atoms with Crippen molar-refractivity contribution in [2.75, 3.05) is 6.54 Å². The Morgan fingerprint density at radius 3 is 2.83 bits per heavy atom. The van der Waals surface area contributed by atoms with Crippen LogP contribution in [-0.2, 0) is 4.79 Å². The van der Waals surface area contributed by atoms with Gasteiger partial charge in [-0.25, -0.2) is 4.39 Å². The van der Waals surface area contributed by atoms with Gasteiger partial charge in [0.25, 0.3) is 5.91 Å². The molecule has 1 amide bonds. The number of nitrogens with one attached hydrogen (secondary N) is 1. The third-order valence-corrected chi connectivity index (χ3v) is 4.91. The molecule has 2 heterocycles. The Morgan fingerprint density at radius 1 is 1.39 bits per heavy atom. The molecular formula is C16H16BrFN2O3. The van der Waals surface area contributed by atoms with E-state index >= 15 is 0 Å². The van der Waals surface area contributed by atoms with Gasteiger partial charge in [-0.1, -0.05) is 15.9 Å². The number of hydrogen-bond acceptors (Lipinski definition) is 2. The Kier molecular flexibility index (Phi) is 4.14. The van der Waals surface area contributed by atoms with Crippen molar-refractivity contribution < 1.29 is 19.1 Å². The second kappa shape index (κ2) is 5.96. The maximum absolute atomic E-state index is 14.0. The first-order valence-electron chi connectivity index (χ1n) is 7.40. The minimum atomic E-state index is -0.887. The van der Waals surface area contributed by atoms with Gasteiger partial charge in [0.2, 0.25) is 0 Å². The summed E-state index contributed by atoms with van der Waals surface area (Å²) in [5.74, 6) is -2.17. The van der Waals surface area contributed by atoms with E-state index in [0.29, 0.717) is 34.8 Å². The monoisotopic (exact) mass is 382 g/mol. The first-order chi connectivity index (χ1) is 10.9. The lowest BCUT2D eigenvalue weighted by molar-refractivity contribution is -0.144. The molecule has 0 saturated carbocycles. The molecule has 23 heavy (non-hydrogen) atoms. The number of carboxylic acids is 1. The number of piperidine rings is 1. The standard InChI is InChI=1S/C16H16BrFN2O3/c1-8-10(16(22)23)3-2-4-20(8)15(21)14-7-11-12(18)5-9(17)6-13(11)19-14/h5-8,10,19H,2-4H2,1H3,(H,22,23)/t8-,10-/m1/s1. The summed E-state index contributed by atoms with van der Waals surface area (Å²) in [6, 6.07) is 4.14. The summed E-state index contributed by atoms with van der Waals surface area (Å²) in [7, 11) is 0. The topological polar surface area (TPSA) is 73.4 Å². The third-order valence-electron chi connectivity index (χ3n) is 4.45. The first kappa shape index (κ1) is 16.0. The second-order valence-corrected chi connectivity index (χ2v) is 6.77. The third kappa shape index (κ3) is 2.85. The van der Waals surface area contributed by atoms with Gasteiger partial charge < -0.3 is 15.0 Å². The van der Waals surface area contributed by atoms with Crippen molar-refractivity contribution in [3.63, 3.8) is 0 Å². The number of carbonyl (C=O) groups is 2. The van der Waals surface area contributed by atoms with Crippen LogP contribution in [-0.4, -0.2) is 39.5 Å². The number of aromatic amines is 1. The van der Waals surface area contributed by atoms with Crippen LogP contribution in [0.1, 0.15) is 30.3 Å². The molecule has 0 unspecified atom stereocenters. The molecule has 1 aliphatic heterocycles. The summed E-state index contributed by atoms with van der Waals surface area (Å²) in [6.45, 7) is 2.25. The molecule has 0 radical (unpaired) electrons. The highest BCUT2D eigenvalue weighted by molar-refractivity contribution is 9.10. The lowest BCUT2D eigenvalue weighted by atomic mass is 9.90. The van der Waals surface area contributed by atoms with Gasteiger partial charge in [-0.3, -0.25) is 9.59 Å². The number of benzene rings is 1. The fourth-order valence-corrected chi connectivity index (χ4v) is 3.62. The lowest BCUT2D eigenvalue weighted by Crippen LogP contribution is -2.49.